The van der Waals surface area contributed by atoms with Gasteiger partial charge in [-0.1, -0.05) is 48.5 Å². The topological polar surface area (TPSA) is 26.7 Å². The SMILES string of the molecule is Cc1ccccc1-c1ccc([C@@H]2[C@@H](CO)N3CCCCN(CC4CC4)C[C@H]23)cc1. The zero-order chi connectivity index (χ0) is 19.8. The summed E-state index contributed by atoms with van der Waals surface area (Å²) in [5.41, 5.74) is 5.32. The minimum Gasteiger partial charge on any atom is -0.395 e. The Labute approximate surface area is 175 Å². The van der Waals surface area contributed by atoms with Gasteiger partial charge < -0.3 is 10.0 Å². The molecule has 2 aliphatic heterocycles. The van der Waals surface area contributed by atoms with Crippen molar-refractivity contribution in [1.29, 1.82) is 0 Å². The van der Waals surface area contributed by atoms with E-state index in [0.29, 0.717) is 12.0 Å². The number of benzene rings is 2. The van der Waals surface area contributed by atoms with Crippen LogP contribution in [-0.2, 0) is 0 Å². The Bertz CT molecular complexity index is 829. The maximum absolute atomic E-state index is 10.2. The minimum atomic E-state index is 0.267. The van der Waals surface area contributed by atoms with Crippen molar-refractivity contribution >= 4 is 0 Å². The summed E-state index contributed by atoms with van der Waals surface area (Å²) in [7, 11) is 0. The normalized spacial score (nSPS) is 28.3. The van der Waals surface area contributed by atoms with Crippen LogP contribution in [0.5, 0.6) is 0 Å². The van der Waals surface area contributed by atoms with Crippen LogP contribution in [0.15, 0.2) is 48.5 Å². The Morgan fingerprint density at radius 1 is 0.966 bits per heavy atom. The van der Waals surface area contributed by atoms with Gasteiger partial charge in [-0.25, -0.2) is 0 Å². The molecule has 3 aliphatic rings. The van der Waals surface area contributed by atoms with Crippen molar-refractivity contribution in [2.45, 2.75) is 50.6 Å². The Kier molecular flexibility index (Phi) is 5.47. The van der Waals surface area contributed by atoms with Crippen molar-refractivity contribution in [3.8, 4) is 11.1 Å². The molecule has 154 valence electrons. The zero-order valence-corrected chi connectivity index (χ0v) is 17.6. The summed E-state index contributed by atoms with van der Waals surface area (Å²) in [6.07, 6.45) is 5.40. The molecule has 0 aromatic heterocycles. The van der Waals surface area contributed by atoms with Crippen molar-refractivity contribution in [1.82, 2.24) is 9.80 Å². The molecule has 0 unspecified atom stereocenters. The van der Waals surface area contributed by atoms with Crippen molar-refractivity contribution in [3.63, 3.8) is 0 Å². The van der Waals surface area contributed by atoms with Crippen molar-refractivity contribution in [2.24, 2.45) is 5.92 Å². The third-order valence-corrected chi connectivity index (χ3v) is 7.42. The zero-order valence-electron chi connectivity index (χ0n) is 17.6. The molecular weight excluding hydrogens is 356 g/mol. The summed E-state index contributed by atoms with van der Waals surface area (Å²) >= 11 is 0. The number of fused-ring (bicyclic) bond motifs is 1. The first-order valence-electron chi connectivity index (χ1n) is 11.5. The van der Waals surface area contributed by atoms with E-state index in [-0.39, 0.29) is 12.6 Å². The average Bonchev–Trinajstić information content (AvgIpc) is 3.54. The van der Waals surface area contributed by atoms with Gasteiger partial charge in [0.25, 0.3) is 0 Å². The van der Waals surface area contributed by atoms with Gasteiger partial charge in [0, 0.05) is 31.1 Å². The predicted molar refractivity (Wildman–Crippen MR) is 119 cm³/mol. The first-order chi connectivity index (χ1) is 14.2. The molecule has 2 aromatic rings. The smallest absolute Gasteiger partial charge is 0.0593 e. The number of aliphatic hydroxyl groups is 1. The standard InChI is InChI=1S/C26H34N2O/c1-19-6-2-3-7-23(19)21-10-12-22(13-11-21)26-24-17-27(16-20-8-9-20)14-4-5-15-28(24)25(26)18-29/h2-3,6-7,10-13,20,24-26,29H,4-5,8-9,14-18H2,1H3/t24-,25-,26+/m1/s1. The summed E-state index contributed by atoms with van der Waals surface area (Å²) in [4.78, 5) is 5.32. The van der Waals surface area contributed by atoms with E-state index in [1.165, 1.54) is 61.0 Å². The largest absolute Gasteiger partial charge is 0.395 e. The number of hydrogen-bond acceptors (Lipinski definition) is 3. The summed E-state index contributed by atoms with van der Waals surface area (Å²) in [6, 6.07) is 18.6. The quantitative estimate of drug-likeness (QED) is 0.825. The van der Waals surface area contributed by atoms with E-state index in [1.54, 1.807) is 0 Å². The molecule has 1 aliphatic carbocycles. The van der Waals surface area contributed by atoms with E-state index in [0.717, 1.165) is 19.0 Å². The fraction of sp³-hybridized carbons (Fsp3) is 0.538. The van der Waals surface area contributed by atoms with E-state index in [2.05, 4.69) is 65.3 Å². The predicted octanol–water partition coefficient (Wildman–Crippen LogP) is 4.30. The van der Waals surface area contributed by atoms with Crippen molar-refractivity contribution in [2.75, 3.05) is 32.8 Å². The lowest BCUT2D eigenvalue weighted by Crippen LogP contribution is -2.67. The van der Waals surface area contributed by atoms with Gasteiger partial charge >= 0.3 is 0 Å². The number of aryl methyl sites for hydroxylation is 1. The molecule has 2 saturated heterocycles. The van der Waals surface area contributed by atoms with Gasteiger partial charge in [0.2, 0.25) is 0 Å². The summed E-state index contributed by atoms with van der Waals surface area (Å²) < 4.78 is 0. The maximum atomic E-state index is 10.2. The van der Waals surface area contributed by atoms with Crippen LogP contribution < -0.4 is 0 Å². The van der Waals surface area contributed by atoms with E-state index in [9.17, 15) is 5.11 Å². The molecule has 3 atom stereocenters. The van der Waals surface area contributed by atoms with Gasteiger partial charge in [0.05, 0.1) is 6.61 Å². The number of rotatable bonds is 5. The second-order valence-electron chi connectivity index (χ2n) is 9.43. The summed E-state index contributed by atoms with van der Waals surface area (Å²) in [6.45, 7) is 7.29. The molecule has 0 radical (unpaired) electrons. The number of nitrogens with zero attached hydrogens (tertiary/aromatic N) is 2. The molecule has 0 amide bonds. The lowest BCUT2D eigenvalue weighted by Gasteiger charge is -2.57. The molecule has 0 bridgehead atoms. The van der Waals surface area contributed by atoms with Gasteiger partial charge in [-0.05, 0) is 73.9 Å². The average molecular weight is 391 g/mol. The van der Waals surface area contributed by atoms with Gasteiger partial charge in [0.15, 0.2) is 0 Å². The van der Waals surface area contributed by atoms with Crippen LogP contribution in [0.4, 0.5) is 0 Å². The summed E-state index contributed by atoms with van der Waals surface area (Å²) in [5.74, 6) is 1.40. The van der Waals surface area contributed by atoms with Crippen LogP contribution in [0.25, 0.3) is 11.1 Å². The highest BCUT2D eigenvalue weighted by Crippen LogP contribution is 2.43. The van der Waals surface area contributed by atoms with Gasteiger partial charge in [-0.3, -0.25) is 4.90 Å². The highest BCUT2D eigenvalue weighted by molar-refractivity contribution is 5.67. The van der Waals surface area contributed by atoms with E-state index >= 15 is 0 Å². The van der Waals surface area contributed by atoms with Crippen LogP contribution >= 0.6 is 0 Å². The molecule has 3 nitrogen and oxygen atoms in total. The van der Waals surface area contributed by atoms with Crippen LogP contribution in [0.2, 0.25) is 0 Å². The Morgan fingerprint density at radius 3 is 2.45 bits per heavy atom. The molecule has 2 heterocycles. The van der Waals surface area contributed by atoms with Gasteiger partial charge in [-0.2, -0.15) is 0 Å². The van der Waals surface area contributed by atoms with Gasteiger partial charge in [-0.15, -0.1) is 0 Å². The van der Waals surface area contributed by atoms with Crippen molar-refractivity contribution < 1.29 is 5.11 Å². The van der Waals surface area contributed by atoms with Crippen LogP contribution in [0.3, 0.4) is 0 Å². The molecule has 0 spiro atoms. The third kappa shape index (κ3) is 3.88. The van der Waals surface area contributed by atoms with E-state index < -0.39 is 0 Å². The fourth-order valence-corrected chi connectivity index (χ4v) is 5.62. The Hall–Kier alpha value is -1.68. The Balaban J connectivity index is 1.37. The van der Waals surface area contributed by atoms with E-state index in [1.807, 2.05) is 0 Å². The second kappa shape index (κ2) is 8.22. The van der Waals surface area contributed by atoms with Crippen LogP contribution in [0.1, 0.15) is 42.7 Å². The first kappa shape index (κ1) is 19.3. The minimum absolute atomic E-state index is 0.267. The number of hydrogen-bond donors (Lipinski definition) is 1. The van der Waals surface area contributed by atoms with Crippen LogP contribution in [0, 0.1) is 12.8 Å². The van der Waals surface area contributed by atoms with Crippen LogP contribution in [-0.4, -0.2) is 59.8 Å². The molecule has 2 aromatic carbocycles. The van der Waals surface area contributed by atoms with Crippen molar-refractivity contribution in [3.05, 3.63) is 59.7 Å². The molecule has 5 rings (SSSR count). The highest BCUT2D eigenvalue weighted by Gasteiger charge is 2.49. The lowest BCUT2D eigenvalue weighted by atomic mass is 9.74. The summed E-state index contributed by atoms with van der Waals surface area (Å²) in [5, 5.41) is 10.2. The number of aliphatic hydroxyl groups excluding tert-OH is 1. The monoisotopic (exact) mass is 390 g/mol. The third-order valence-electron chi connectivity index (χ3n) is 7.42. The Morgan fingerprint density at radius 2 is 1.72 bits per heavy atom. The molecular formula is C26H34N2O. The molecule has 1 saturated carbocycles. The van der Waals surface area contributed by atoms with E-state index in [4.69, 9.17) is 0 Å². The molecule has 29 heavy (non-hydrogen) atoms. The highest BCUT2D eigenvalue weighted by atomic mass is 16.3. The molecule has 1 N–H and O–H groups in total. The fourth-order valence-electron chi connectivity index (χ4n) is 5.62. The molecule has 3 heteroatoms. The maximum Gasteiger partial charge on any atom is 0.0593 e. The van der Waals surface area contributed by atoms with Gasteiger partial charge in [0.1, 0.15) is 0 Å². The first-order valence-corrected chi connectivity index (χ1v) is 11.5. The molecule has 3 fully saturated rings. The second-order valence-corrected chi connectivity index (χ2v) is 9.43. The lowest BCUT2D eigenvalue weighted by molar-refractivity contribution is -0.0649.